The fraction of sp³-hybridized carbons (Fsp3) is 0.214. The van der Waals surface area contributed by atoms with E-state index in [4.69, 9.17) is 4.74 Å². The number of aliphatic hydroxyl groups is 1. The van der Waals surface area contributed by atoms with Gasteiger partial charge in [0.1, 0.15) is 11.6 Å². The predicted molar refractivity (Wildman–Crippen MR) is 66.0 cm³/mol. The van der Waals surface area contributed by atoms with Gasteiger partial charge < -0.3 is 9.84 Å². The number of hydrogen-bond donors (Lipinski definition) is 1. The van der Waals surface area contributed by atoms with Crippen molar-refractivity contribution in [2.24, 2.45) is 0 Å². The van der Waals surface area contributed by atoms with Crippen LogP contribution in [0.15, 0.2) is 42.6 Å². The molecule has 0 saturated carbocycles. The van der Waals surface area contributed by atoms with Gasteiger partial charge in [-0.3, -0.25) is 0 Å². The standard InChI is InChI=1S/C14H14FNO2/c1-2-13(17)10-3-8-14(16-9-10)18-12-6-4-11(15)5-7-12/h3-9,13,17H,2H2,1H3/t13-/m1/s1. The van der Waals surface area contributed by atoms with Gasteiger partial charge in [-0.05, 0) is 42.3 Å². The number of hydrogen-bond acceptors (Lipinski definition) is 3. The van der Waals surface area contributed by atoms with E-state index in [1.54, 1.807) is 18.3 Å². The van der Waals surface area contributed by atoms with Crippen LogP contribution in [0.25, 0.3) is 0 Å². The van der Waals surface area contributed by atoms with Gasteiger partial charge in [0.15, 0.2) is 0 Å². The van der Waals surface area contributed by atoms with Crippen LogP contribution >= 0.6 is 0 Å². The Hall–Kier alpha value is -1.94. The topological polar surface area (TPSA) is 42.4 Å². The first-order chi connectivity index (χ1) is 8.69. The molecule has 1 N–H and O–H groups in total. The first-order valence-electron chi connectivity index (χ1n) is 5.76. The van der Waals surface area contributed by atoms with Gasteiger partial charge in [0.25, 0.3) is 0 Å². The number of benzene rings is 1. The predicted octanol–water partition coefficient (Wildman–Crippen LogP) is 3.46. The Kier molecular flexibility index (Phi) is 3.89. The van der Waals surface area contributed by atoms with Crippen molar-refractivity contribution in [2.45, 2.75) is 19.4 Å². The molecule has 1 aromatic heterocycles. The molecule has 0 aliphatic heterocycles. The molecule has 0 radical (unpaired) electrons. The van der Waals surface area contributed by atoms with E-state index in [0.717, 1.165) is 5.56 Å². The zero-order valence-electron chi connectivity index (χ0n) is 10.0. The highest BCUT2D eigenvalue weighted by molar-refractivity contribution is 5.28. The second-order valence-electron chi connectivity index (χ2n) is 3.91. The highest BCUT2D eigenvalue weighted by Crippen LogP contribution is 2.22. The van der Waals surface area contributed by atoms with E-state index in [2.05, 4.69) is 4.98 Å². The van der Waals surface area contributed by atoms with Crippen LogP contribution in [0.4, 0.5) is 4.39 Å². The zero-order chi connectivity index (χ0) is 13.0. The molecule has 2 aromatic rings. The summed E-state index contributed by atoms with van der Waals surface area (Å²) in [6, 6.07) is 9.16. The first-order valence-corrected chi connectivity index (χ1v) is 5.76. The lowest BCUT2D eigenvalue weighted by Crippen LogP contribution is -1.96. The van der Waals surface area contributed by atoms with Crippen LogP contribution in [0.5, 0.6) is 11.6 Å². The maximum Gasteiger partial charge on any atom is 0.219 e. The van der Waals surface area contributed by atoms with E-state index in [1.807, 2.05) is 6.92 Å². The van der Waals surface area contributed by atoms with Gasteiger partial charge in [-0.15, -0.1) is 0 Å². The minimum atomic E-state index is -0.502. The number of aliphatic hydroxyl groups excluding tert-OH is 1. The summed E-state index contributed by atoms with van der Waals surface area (Å²) in [4.78, 5) is 4.09. The molecule has 2 rings (SSSR count). The molecule has 0 aliphatic rings. The highest BCUT2D eigenvalue weighted by atomic mass is 19.1. The normalized spacial score (nSPS) is 12.2. The third kappa shape index (κ3) is 3.05. The van der Waals surface area contributed by atoms with E-state index in [9.17, 15) is 9.50 Å². The SMILES string of the molecule is CC[C@@H](O)c1ccc(Oc2ccc(F)cc2)nc1. The molecular formula is C14H14FNO2. The maximum atomic E-state index is 12.7. The lowest BCUT2D eigenvalue weighted by molar-refractivity contribution is 0.173. The average Bonchev–Trinajstić information content (AvgIpc) is 2.41. The summed E-state index contributed by atoms with van der Waals surface area (Å²) in [5, 5.41) is 9.62. The molecule has 4 heteroatoms. The van der Waals surface area contributed by atoms with Crippen molar-refractivity contribution >= 4 is 0 Å². The van der Waals surface area contributed by atoms with Crippen molar-refractivity contribution in [3.8, 4) is 11.6 Å². The second-order valence-corrected chi connectivity index (χ2v) is 3.91. The summed E-state index contributed by atoms with van der Waals surface area (Å²) in [7, 11) is 0. The van der Waals surface area contributed by atoms with E-state index in [1.165, 1.54) is 24.3 Å². The molecule has 0 amide bonds. The van der Waals surface area contributed by atoms with Gasteiger partial charge in [-0.1, -0.05) is 6.92 Å². The Morgan fingerprint density at radius 1 is 1.22 bits per heavy atom. The molecule has 1 aromatic carbocycles. The third-order valence-electron chi connectivity index (χ3n) is 2.57. The maximum absolute atomic E-state index is 12.7. The number of pyridine rings is 1. The summed E-state index contributed by atoms with van der Waals surface area (Å²) < 4.78 is 18.1. The molecule has 1 heterocycles. The van der Waals surface area contributed by atoms with Crippen LogP contribution in [0.3, 0.4) is 0 Å². The van der Waals surface area contributed by atoms with Gasteiger partial charge in [0.05, 0.1) is 6.10 Å². The van der Waals surface area contributed by atoms with E-state index in [-0.39, 0.29) is 5.82 Å². The van der Waals surface area contributed by atoms with Crippen LogP contribution in [-0.4, -0.2) is 10.1 Å². The van der Waals surface area contributed by atoms with Crippen LogP contribution in [-0.2, 0) is 0 Å². The van der Waals surface area contributed by atoms with E-state index < -0.39 is 6.10 Å². The van der Waals surface area contributed by atoms with Crippen molar-refractivity contribution in [1.82, 2.24) is 4.98 Å². The Bertz CT molecular complexity index is 496. The van der Waals surface area contributed by atoms with Crippen LogP contribution in [0.2, 0.25) is 0 Å². The van der Waals surface area contributed by atoms with E-state index in [0.29, 0.717) is 18.1 Å². The molecule has 3 nitrogen and oxygen atoms in total. The van der Waals surface area contributed by atoms with Gasteiger partial charge in [-0.2, -0.15) is 0 Å². The highest BCUT2D eigenvalue weighted by Gasteiger charge is 2.05. The number of ether oxygens (including phenoxy) is 1. The molecule has 0 unspecified atom stereocenters. The molecule has 0 aliphatic carbocycles. The smallest absolute Gasteiger partial charge is 0.219 e. The molecule has 0 spiro atoms. The summed E-state index contributed by atoms with van der Waals surface area (Å²) in [5.74, 6) is 0.623. The number of halogens is 1. The first kappa shape index (κ1) is 12.5. The molecule has 0 saturated heterocycles. The fourth-order valence-corrected chi connectivity index (χ4v) is 1.51. The zero-order valence-corrected chi connectivity index (χ0v) is 10.0. The van der Waals surface area contributed by atoms with Crippen molar-refractivity contribution in [1.29, 1.82) is 0 Å². The largest absolute Gasteiger partial charge is 0.439 e. The molecule has 18 heavy (non-hydrogen) atoms. The number of rotatable bonds is 4. The molecule has 1 atom stereocenters. The molecule has 0 fully saturated rings. The Labute approximate surface area is 105 Å². The van der Waals surface area contributed by atoms with Gasteiger partial charge >= 0.3 is 0 Å². The summed E-state index contributed by atoms with van der Waals surface area (Å²) in [5.41, 5.74) is 0.754. The molecule has 0 bridgehead atoms. The van der Waals surface area contributed by atoms with Crippen molar-refractivity contribution in [2.75, 3.05) is 0 Å². The van der Waals surface area contributed by atoms with Crippen molar-refractivity contribution in [3.63, 3.8) is 0 Å². The number of nitrogens with zero attached hydrogens (tertiary/aromatic N) is 1. The van der Waals surface area contributed by atoms with Crippen molar-refractivity contribution < 1.29 is 14.2 Å². The second kappa shape index (κ2) is 5.60. The minimum absolute atomic E-state index is 0.309. The molecule has 94 valence electrons. The van der Waals surface area contributed by atoms with Crippen molar-refractivity contribution in [3.05, 3.63) is 54.0 Å². The lowest BCUT2D eigenvalue weighted by atomic mass is 10.1. The average molecular weight is 247 g/mol. The van der Waals surface area contributed by atoms with Gasteiger partial charge in [0, 0.05) is 12.3 Å². The Morgan fingerprint density at radius 2 is 1.94 bits per heavy atom. The van der Waals surface area contributed by atoms with Crippen LogP contribution in [0, 0.1) is 5.82 Å². The quantitative estimate of drug-likeness (QED) is 0.899. The monoisotopic (exact) mass is 247 g/mol. The van der Waals surface area contributed by atoms with Crippen LogP contribution < -0.4 is 4.74 Å². The summed E-state index contributed by atoms with van der Waals surface area (Å²) >= 11 is 0. The van der Waals surface area contributed by atoms with E-state index >= 15 is 0 Å². The fourth-order valence-electron chi connectivity index (χ4n) is 1.51. The summed E-state index contributed by atoms with van der Waals surface area (Å²) in [6.45, 7) is 1.90. The van der Waals surface area contributed by atoms with Gasteiger partial charge in [-0.25, -0.2) is 9.37 Å². The molecular weight excluding hydrogens is 233 g/mol. The lowest BCUT2D eigenvalue weighted by Gasteiger charge is -2.09. The third-order valence-corrected chi connectivity index (χ3v) is 2.57. The Balaban J connectivity index is 2.08. The van der Waals surface area contributed by atoms with Gasteiger partial charge in [0.2, 0.25) is 5.88 Å². The minimum Gasteiger partial charge on any atom is -0.439 e. The Morgan fingerprint density at radius 3 is 2.50 bits per heavy atom. The van der Waals surface area contributed by atoms with Crippen LogP contribution in [0.1, 0.15) is 25.0 Å². The number of aromatic nitrogens is 1. The summed E-state index contributed by atoms with van der Waals surface area (Å²) in [6.07, 6.45) is 1.71.